The van der Waals surface area contributed by atoms with Crippen LogP contribution < -0.4 is 5.32 Å². The maximum Gasteiger partial charge on any atom is 0.407 e. The van der Waals surface area contributed by atoms with E-state index < -0.39 is 6.09 Å². The lowest BCUT2D eigenvalue weighted by atomic mass is 10.1. The van der Waals surface area contributed by atoms with Crippen molar-refractivity contribution in [1.29, 1.82) is 0 Å². The van der Waals surface area contributed by atoms with Gasteiger partial charge in [0.1, 0.15) is 0 Å². The highest BCUT2D eigenvalue weighted by molar-refractivity contribution is 9.10. The molecular formula is C12H15BrN2O2. The third kappa shape index (κ3) is 3.36. The van der Waals surface area contributed by atoms with Gasteiger partial charge in [0.15, 0.2) is 0 Å². The lowest BCUT2D eigenvalue weighted by Crippen LogP contribution is -2.44. The molecule has 5 heteroatoms. The minimum absolute atomic E-state index is 0.203. The summed E-state index contributed by atoms with van der Waals surface area (Å²) < 4.78 is 1.02. The highest BCUT2D eigenvalue weighted by atomic mass is 79.9. The van der Waals surface area contributed by atoms with Crippen molar-refractivity contribution in [1.82, 2.24) is 4.90 Å². The summed E-state index contributed by atoms with van der Waals surface area (Å²) in [6.45, 7) is 1.20. The number of amides is 1. The van der Waals surface area contributed by atoms with E-state index in [1.54, 1.807) is 0 Å². The highest BCUT2D eigenvalue weighted by Crippen LogP contribution is 2.19. The van der Waals surface area contributed by atoms with Gasteiger partial charge in [-0.15, -0.1) is 0 Å². The van der Waals surface area contributed by atoms with E-state index in [0.29, 0.717) is 13.1 Å². The van der Waals surface area contributed by atoms with Crippen LogP contribution in [0.25, 0.3) is 0 Å². The SMILES string of the molecule is O=C(O)N1CCCC(Nc2cccc(Br)c2)C1. The fourth-order valence-corrected chi connectivity index (χ4v) is 2.48. The summed E-state index contributed by atoms with van der Waals surface area (Å²) in [5.41, 5.74) is 1.02. The van der Waals surface area contributed by atoms with Crippen LogP contribution in [0.3, 0.4) is 0 Å². The molecule has 1 aliphatic heterocycles. The highest BCUT2D eigenvalue weighted by Gasteiger charge is 2.22. The molecule has 0 spiro atoms. The van der Waals surface area contributed by atoms with Gasteiger partial charge in [0.25, 0.3) is 0 Å². The second kappa shape index (κ2) is 5.40. The number of hydrogen-bond acceptors (Lipinski definition) is 2. The Kier molecular flexibility index (Phi) is 3.89. The Morgan fingerprint density at radius 3 is 3.06 bits per heavy atom. The predicted molar refractivity (Wildman–Crippen MR) is 70.4 cm³/mol. The molecule has 4 nitrogen and oxygen atoms in total. The third-order valence-electron chi connectivity index (χ3n) is 2.89. The van der Waals surface area contributed by atoms with Crippen LogP contribution in [0.4, 0.5) is 10.5 Å². The molecule has 2 rings (SSSR count). The van der Waals surface area contributed by atoms with Crippen molar-refractivity contribution in [2.45, 2.75) is 18.9 Å². The van der Waals surface area contributed by atoms with Crippen LogP contribution in [-0.2, 0) is 0 Å². The summed E-state index contributed by atoms with van der Waals surface area (Å²) in [4.78, 5) is 12.4. The van der Waals surface area contributed by atoms with Gasteiger partial charge in [-0.25, -0.2) is 4.79 Å². The second-order valence-electron chi connectivity index (χ2n) is 4.22. The molecule has 1 fully saturated rings. The summed E-state index contributed by atoms with van der Waals surface area (Å²) in [6, 6.07) is 8.12. The zero-order valence-electron chi connectivity index (χ0n) is 9.40. The number of carbonyl (C=O) groups is 1. The molecule has 1 saturated heterocycles. The number of carboxylic acid groups (broad SMARTS) is 1. The molecule has 0 aromatic heterocycles. The lowest BCUT2D eigenvalue weighted by molar-refractivity contribution is 0.133. The Hall–Kier alpha value is -1.23. The predicted octanol–water partition coefficient (Wildman–Crippen LogP) is 3.00. The summed E-state index contributed by atoms with van der Waals surface area (Å²) in [7, 11) is 0. The van der Waals surface area contributed by atoms with Crippen LogP contribution in [0, 0.1) is 0 Å². The van der Waals surface area contributed by atoms with Gasteiger partial charge in [-0.1, -0.05) is 22.0 Å². The van der Waals surface area contributed by atoms with Crippen LogP contribution in [0.5, 0.6) is 0 Å². The van der Waals surface area contributed by atoms with Crippen molar-refractivity contribution < 1.29 is 9.90 Å². The Bertz CT molecular complexity index is 411. The van der Waals surface area contributed by atoms with Crippen molar-refractivity contribution in [2.75, 3.05) is 18.4 Å². The van der Waals surface area contributed by atoms with Gasteiger partial charge in [0.2, 0.25) is 0 Å². The second-order valence-corrected chi connectivity index (χ2v) is 5.14. The van der Waals surface area contributed by atoms with E-state index in [2.05, 4.69) is 21.2 Å². The first kappa shape index (κ1) is 12.2. The Morgan fingerprint density at radius 2 is 2.35 bits per heavy atom. The molecule has 1 aromatic rings. The number of nitrogens with zero attached hydrogens (tertiary/aromatic N) is 1. The number of hydrogen-bond donors (Lipinski definition) is 2. The van der Waals surface area contributed by atoms with Crippen LogP contribution in [0.1, 0.15) is 12.8 Å². The van der Waals surface area contributed by atoms with E-state index in [0.717, 1.165) is 23.0 Å². The molecule has 0 bridgehead atoms. The molecule has 17 heavy (non-hydrogen) atoms. The number of nitrogens with one attached hydrogen (secondary N) is 1. The standard InChI is InChI=1S/C12H15BrN2O2/c13-9-3-1-4-10(7-9)14-11-5-2-6-15(8-11)12(16)17/h1,3-4,7,11,14H,2,5-6,8H2,(H,16,17). The minimum atomic E-state index is -0.828. The first-order chi connectivity index (χ1) is 8.15. The molecule has 0 aliphatic carbocycles. The average molecular weight is 299 g/mol. The van der Waals surface area contributed by atoms with Gasteiger partial charge >= 0.3 is 6.09 Å². The number of rotatable bonds is 2. The molecule has 1 amide bonds. The molecule has 1 heterocycles. The van der Waals surface area contributed by atoms with Crippen molar-refractivity contribution in [3.63, 3.8) is 0 Å². The van der Waals surface area contributed by atoms with E-state index in [-0.39, 0.29) is 6.04 Å². The van der Waals surface area contributed by atoms with Gasteiger partial charge in [-0.3, -0.25) is 0 Å². The van der Waals surface area contributed by atoms with E-state index in [4.69, 9.17) is 5.11 Å². The molecule has 1 unspecified atom stereocenters. The summed E-state index contributed by atoms with van der Waals surface area (Å²) >= 11 is 3.42. The zero-order valence-corrected chi connectivity index (χ0v) is 11.0. The van der Waals surface area contributed by atoms with Gasteiger partial charge < -0.3 is 15.3 Å². The Morgan fingerprint density at radius 1 is 1.53 bits per heavy atom. The topological polar surface area (TPSA) is 52.6 Å². The fraction of sp³-hybridized carbons (Fsp3) is 0.417. The molecule has 2 N–H and O–H groups in total. The maximum absolute atomic E-state index is 10.9. The number of anilines is 1. The Labute approximate surface area is 109 Å². The number of piperidine rings is 1. The smallest absolute Gasteiger partial charge is 0.407 e. The largest absolute Gasteiger partial charge is 0.465 e. The maximum atomic E-state index is 10.9. The Balaban J connectivity index is 1.97. The van der Waals surface area contributed by atoms with E-state index in [1.165, 1.54) is 4.90 Å². The molecule has 1 aliphatic rings. The van der Waals surface area contributed by atoms with Gasteiger partial charge in [0.05, 0.1) is 0 Å². The van der Waals surface area contributed by atoms with Crippen molar-refractivity contribution >= 4 is 27.7 Å². The van der Waals surface area contributed by atoms with E-state index in [1.807, 2.05) is 24.3 Å². The van der Waals surface area contributed by atoms with Crippen LogP contribution in [0.2, 0.25) is 0 Å². The molecule has 1 atom stereocenters. The van der Waals surface area contributed by atoms with Crippen molar-refractivity contribution in [3.8, 4) is 0 Å². The fourth-order valence-electron chi connectivity index (χ4n) is 2.08. The molecule has 92 valence electrons. The number of benzene rings is 1. The van der Waals surface area contributed by atoms with Crippen LogP contribution in [-0.4, -0.2) is 35.2 Å². The van der Waals surface area contributed by atoms with E-state index in [9.17, 15) is 4.79 Å². The molecular weight excluding hydrogens is 284 g/mol. The minimum Gasteiger partial charge on any atom is -0.465 e. The molecule has 1 aromatic carbocycles. The van der Waals surface area contributed by atoms with Gasteiger partial charge in [-0.2, -0.15) is 0 Å². The third-order valence-corrected chi connectivity index (χ3v) is 3.38. The van der Waals surface area contributed by atoms with Crippen LogP contribution in [0.15, 0.2) is 28.7 Å². The number of likely N-dealkylation sites (tertiary alicyclic amines) is 1. The summed E-state index contributed by atoms with van der Waals surface area (Å²) in [6.07, 6.45) is 1.10. The average Bonchev–Trinajstić information content (AvgIpc) is 2.29. The van der Waals surface area contributed by atoms with Gasteiger partial charge in [0, 0.05) is 29.3 Å². The first-order valence-electron chi connectivity index (χ1n) is 5.65. The van der Waals surface area contributed by atoms with Gasteiger partial charge in [-0.05, 0) is 31.0 Å². The quantitative estimate of drug-likeness (QED) is 0.882. The molecule has 0 radical (unpaired) electrons. The van der Waals surface area contributed by atoms with Crippen molar-refractivity contribution in [2.24, 2.45) is 0 Å². The first-order valence-corrected chi connectivity index (χ1v) is 6.44. The summed E-state index contributed by atoms with van der Waals surface area (Å²) in [5.74, 6) is 0. The monoisotopic (exact) mass is 298 g/mol. The van der Waals surface area contributed by atoms with Crippen molar-refractivity contribution in [3.05, 3.63) is 28.7 Å². The van der Waals surface area contributed by atoms with E-state index >= 15 is 0 Å². The molecule has 0 saturated carbocycles. The van der Waals surface area contributed by atoms with Crippen LogP contribution >= 0.6 is 15.9 Å². The number of halogens is 1. The zero-order chi connectivity index (χ0) is 12.3. The lowest BCUT2D eigenvalue weighted by Gasteiger charge is -2.31. The summed E-state index contributed by atoms with van der Waals surface area (Å²) in [5, 5.41) is 12.3. The normalized spacial score (nSPS) is 20.1.